The van der Waals surface area contributed by atoms with E-state index < -0.39 is 11.3 Å². The fourth-order valence-electron chi connectivity index (χ4n) is 3.75. The molecule has 1 saturated heterocycles. The van der Waals surface area contributed by atoms with E-state index in [0.717, 1.165) is 6.42 Å². The Hall–Kier alpha value is -2.97. The normalized spacial score (nSPS) is 19.1. The van der Waals surface area contributed by atoms with Gasteiger partial charge in [0.2, 0.25) is 17.7 Å². The van der Waals surface area contributed by atoms with Crippen LogP contribution in [0.3, 0.4) is 0 Å². The minimum atomic E-state index is -0.919. The number of primary amides is 1. The van der Waals surface area contributed by atoms with E-state index in [4.69, 9.17) is 17.3 Å². The zero-order chi connectivity index (χ0) is 21.7. The van der Waals surface area contributed by atoms with Gasteiger partial charge in [0, 0.05) is 25.4 Å². The topological polar surface area (TPSA) is 117 Å². The van der Waals surface area contributed by atoms with Crippen molar-refractivity contribution in [2.24, 2.45) is 5.73 Å². The Morgan fingerprint density at radius 3 is 2.67 bits per heavy atom. The van der Waals surface area contributed by atoms with Gasteiger partial charge in [-0.1, -0.05) is 17.7 Å². The van der Waals surface area contributed by atoms with Gasteiger partial charge >= 0.3 is 0 Å². The van der Waals surface area contributed by atoms with Gasteiger partial charge < -0.3 is 16.4 Å². The minimum absolute atomic E-state index is 0.0889. The maximum Gasteiger partial charge on any atom is 0.238 e. The second-order valence-electron chi connectivity index (χ2n) is 7.40. The molecule has 30 heavy (non-hydrogen) atoms. The van der Waals surface area contributed by atoms with Crippen LogP contribution in [0.15, 0.2) is 42.6 Å². The van der Waals surface area contributed by atoms with Crippen LogP contribution in [0.5, 0.6) is 0 Å². The number of hydrogen-bond donors (Lipinski definition) is 3. The summed E-state index contributed by atoms with van der Waals surface area (Å²) >= 11 is 6.22. The average molecular weight is 430 g/mol. The summed E-state index contributed by atoms with van der Waals surface area (Å²) in [5.74, 6) is -0.910. The number of anilines is 2. The number of carbonyl (C=O) groups excluding carboxylic acids is 3. The molecule has 1 aliphatic heterocycles. The number of likely N-dealkylation sites (tertiary alicyclic amines) is 1. The van der Waals surface area contributed by atoms with Gasteiger partial charge in [-0.05, 0) is 49.7 Å². The van der Waals surface area contributed by atoms with E-state index in [0.29, 0.717) is 41.6 Å². The van der Waals surface area contributed by atoms with Crippen LogP contribution in [-0.4, -0.2) is 47.2 Å². The number of nitrogens with two attached hydrogens (primary N) is 1. The number of nitrogens with one attached hydrogen (secondary N) is 2. The van der Waals surface area contributed by atoms with E-state index in [2.05, 4.69) is 15.6 Å². The zero-order valence-electron chi connectivity index (χ0n) is 16.7. The molecular formula is C21H24ClN5O3. The number of piperidine rings is 1. The summed E-state index contributed by atoms with van der Waals surface area (Å²) in [4.78, 5) is 42.3. The van der Waals surface area contributed by atoms with E-state index in [9.17, 15) is 14.4 Å². The number of hydrogen-bond acceptors (Lipinski definition) is 5. The average Bonchev–Trinajstić information content (AvgIpc) is 2.70. The molecule has 9 heteroatoms. The molecule has 158 valence electrons. The number of amides is 3. The lowest BCUT2D eigenvalue weighted by molar-refractivity contribution is -0.127. The van der Waals surface area contributed by atoms with Crippen molar-refractivity contribution in [3.05, 3.63) is 53.3 Å². The first-order valence-corrected chi connectivity index (χ1v) is 9.99. The van der Waals surface area contributed by atoms with Gasteiger partial charge in [-0.15, -0.1) is 0 Å². The number of aromatic nitrogens is 1. The molecule has 0 saturated carbocycles. The molecule has 1 aliphatic rings. The van der Waals surface area contributed by atoms with Crippen LogP contribution < -0.4 is 16.4 Å². The van der Waals surface area contributed by atoms with Gasteiger partial charge in [0.15, 0.2) is 0 Å². The van der Waals surface area contributed by atoms with Gasteiger partial charge in [0.25, 0.3) is 0 Å². The maximum absolute atomic E-state index is 12.6. The number of nitrogens with zero attached hydrogens (tertiary/aromatic N) is 2. The van der Waals surface area contributed by atoms with Crippen molar-refractivity contribution in [2.45, 2.75) is 25.2 Å². The molecule has 4 N–H and O–H groups in total. The molecular weight excluding hydrogens is 406 g/mol. The molecule has 2 heterocycles. The SMILES string of the molecule is CC(=O)Nc1ccc(NC(=O)CN2CCC[C@](C(N)=O)(c3ccccn3)C2)c(Cl)c1. The third-order valence-corrected chi connectivity index (χ3v) is 5.44. The fraction of sp³-hybridized carbons (Fsp3) is 0.333. The smallest absolute Gasteiger partial charge is 0.238 e. The molecule has 0 radical (unpaired) electrons. The molecule has 8 nitrogen and oxygen atoms in total. The Kier molecular flexibility index (Phi) is 6.69. The van der Waals surface area contributed by atoms with Crippen molar-refractivity contribution >= 4 is 40.7 Å². The highest BCUT2D eigenvalue weighted by Crippen LogP contribution is 2.33. The van der Waals surface area contributed by atoms with Crippen LogP contribution in [-0.2, 0) is 19.8 Å². The van der Waals surface area contributed by atoms with Crippen LogP contribution in [0.1, 0.15) is 25.5 Å². The zero-order valence-corrected chi connectivity index (χ0v) is 17.4. The maximum atomic E-state index is 12.6. The molecule has 2 aromatic rings. The Morgan fingerprint density at radius 1 is 1.23 bits per heavy atom. The van der Waals surface area contributed by atoms with Gasteiger partial charge in [0.05, 0.1) is 22.9 Å². The van der Waals surface area contributed by atoms with E-state index in [-0.39, 0.29) is 18.4 Å². The first-order valence-electron chi connectivity index (χ1n) is 9.61. The Labute approximate surface area is 179 Å². The number of carbonyl (C=O) groups is 3. The molecule has 1 fully saturated rings. The van der Waals surface area contributed by atoms with Gasteiger partial charge in [0.1, 0.15) is 5.41 Å². The predicted molar refractivity (Wildman–Crippen MR) is 115 cm³/mol. The highest BCUT2D eigenvalue weighted by Gasteiger charge is 2.43. The molecule has 0 spiro atoms. The van der Waals surface area contributed by atoms with Gasteiger partial charge in [-0.25, -0.2) is 0 Å². The molecule has 0 unspecified atom stereocenters. The predicted octanol–water partition coefficient (Wildman–Crippen LogP) is 2.15. The van der Waals surface area contributed by atoms with Crippen LogP contribution in [0.2, 0.25) is 5.02 Å². The minimum Gasteiger partial charge on any atom is -0.369 e. The standard InChI is InChI=1S/C21H24ClN5O3/c1-14(28)25-15-6-7-17(16(22)11-15)26-19(29)12-27-10-4-8-21(13-27,20(23)30)18-5-2-3-9-24-18/h2-3,5-7,9,11H,4,8,10,12-13H2,1H3,(H2,23,30)(H,25,28)(H,26,29)/t21-/m1/s1. The Bertz CT molecular complexity index is 953. The number of benzene rings is 1. The van der Waals surface area contributed by atoms with E-state index >= 15 is 0 Å². The summed E-state index contributed by atoms with van der Waals surface area (Å²) in [5, 5.41) is 5.72. The molecule has 0 aliphatic carbocycles. The molecule has 1 aromatic heterocycles. The van der Waals surface area contributed by atoms with Crippen LogP contribution in [0, 0.1) is 0 Å². The molecule has 3 amide bonds. The van der Waals surface area contributed by atoms with Crippen LogP contribution in [0.25, 0.3) is 0 Å². The van der Waals surface area contributed by atoms with Crippen molar-refractivity contribution in [1.29, 1.82) is 0 Å². The van der Waals surface area contributed by atoms with E-state index in [1.807, 2.05) is 11.0 Å². The Morgan fingerprint density at radius 2 is 2.03 bits per heavy atom. The molecule has 1 atom stereocenters. The van der Waals surface area contributed by atoms with Gasteiger partial charge in [-0.2, -0.15) is 0 Å². The molecule has 3 rings (SSSR count). The summed E-state index contributed by atoms with van der Waals surface area (Å²) in [7, 11) is 0. The molecule has 1 aromatic carbocycles. The number of pyridine rings is 1. The quantitative estimate of drug-likeness (QED) is 0.650. The van der Waals surface area contributed by atoms with Crippen molar-refractivity contribution in [2.75, 3.05) is 30.3 Å². The van der Waals surface area contributed by atoms with E-state index in [1.54, 1.807) is 36.5 Å². The van der Waals surface area contributed by atoms with Crippen LogP contribution >= 0.6 is 11.6 Å². The van der Waals surface area contributed by atoms with Crippen molar-refractivity contribution in [3.63, 3.8) is 0 Å². The third-order valence-electron chi connectivity index (χ3n) is 5.13. The third kappa shape index (κ3) is 4.95. The van der Waals surface area contributed by atoms with Crippen molar-refractivity contribution in [3.8, 4) is 0 Å². The largest absolute Gasteiger partial charge is 0.369 e. The Balaban J connectivity index is 1.68. The number of halogens is 1. The monoisotopic (exact) mass is 429 g/mol. The lowest BCUT2D eigenvalue weighted by atomic mass is 9.76. The summed E-state index contributed by atoms with van der Waals surface area (Å²) in [6, 6.07) is 10.3. The summed E-state index contributed by atoms with van der Waals surface area (Å²) in [6.45, 7) is 2.48. The van der Waals surface area contributed by atoms with Crippen LogP contribution in [0.4, 0.5) is 11.4 Å². The fourth-order valence-corrected chi connectivity index (χ4v) is 3.98. The van der Waals surface area contributed by atoms with Gasteiger partial charge in [-0.3, -0.25) is 24.3 Å². The van der Waals surface area contributed by atoms with E-state index in [1.165, 1.54) is 6.92 Å². The van der Waals surface area contributed by atoms with Crippen molar-refractivity contribution < 1.29 is 14.4 Å². The first kappa shape index (κ1) is 21.7. The highest BCUT2D eigenvalue weighted by atomic mass is 35.5. The second-order valence-corrected chi connectivity index (χ2v) is 7.81. The molecule has 0 bridgehead atoms. The summed E-state index contributed by atoms with van der Waals surface area (Å²) < 4.78 is 0. The lowest BCUT2D eigenvalue weighted by Gasteiger charge is -2.40. The summed E-state index contributed by atoms with van der Waals surface area (Å²) in [5.41, 5.74) is 6.46. The second kappa shape index (κ2) is 9.23. The van der Waals surface area contributed by atoms with Crippen molar-refractivity contribution in [1.82, 2.24) is 9.88 Å². The summed E-state index contributed by atoms with van der Waals surface area (Å²) in [6.07, 6.45) is 2.95. The lowest BCUT2D eigenvalue weighted by Crippen LogP contribution is -2.55. The number of rotatable bonds is 6. The highest BCUT2D eigenvalue weighted by molar-refractivity contribution is 6.34. The first-order chi connectivity index (χ1) is 14.3.